The van der Waals surface area contributed by atoms with Gasteiger partial charge in [-0.05, 0) is 97.1 Å². The summed E-state index contributed by atoms with van der Waals surface area (Å²) in [7, 11) is -0.116. The van der Waals surface area contributed by atoms with Crippen molar-refractivity contribution in [3.8, 4) is 0 Å². The number of hydrogen-bond donors (Lipinski definition) is 2. The topological polar surface area (TPSA) is 58.9 Å². The van der Waals surface area contributed by atoms with E-state index in [0.29, 0.717) is 36.2 Å². The van der Waals surface area contributed by atoms with Crippen molar-refractivity contribution in [1.29, 1.82) is 0 Å². The van der Waals surface area contributed by atoms with Crippen molar-refractivity contribution in [2.45, 2.75) is 110 Å². The molecule has 0 spiro atoms. The van der Waals surface area contributed by atoms with Crippen LogP contribution in [0.15, 0.2) is 0 Å². The molecule has 170 valence electrons. The molecule has 5 aliphatic rings. The van der Waals surface area contributed by atoms with E-state index in [-0.39, 0.29) is 41.6 Å². The monoisotopic (exact) mass is 418 g/mol. The molecule has 0 aromatic carbocycles. The zero-order chi connectivity index (χ0) is 21.5. The Morgan fingerprint density at radius 2 is 1.67 bits per heavy atom. The van der Waals surface area contributed by atoms with Gasteiger partial charge in [0.05, 0.1) is 24.9 Å². The summed E-state index contributed by atoms with van der Waals surface area (Å²) in [6.45, 7) is 12.2. The van der Waals surface area contributed by atoms with Crippen molar-refractivity contribution in [2.24, 2.45) is 40.4 Å². The molecule has 1 aliphatic heterocycles. The van der Waals surface area contributed by atoms with Gasteiger partial charge in [-0.1, -0.05) is 34.6 Å². The van der Waals surface area contributed by atoms with Gasteiger partial charge in [-0.2, -0.15) is 0 Å². The second-order valence-electron chi connectivity index (χ2n) is 13.2. The van der Waals surface area contributed by atoms with Crippen LogP contribution in [-0.2, 0) is 9.31 Å². The summed E-state index contributed by atoms with van der Waals surface area (Å²) in [6, 6.07) is 0. The molecule has 0 amide bonds. The Morgan fingerprint density at radius 1 is 0.933 bits per heavy atom. The molecule has 1 saturated heterocycles. The third kappa shape index (κ3) is 3.16. The summed E-state index contributed by atoms with van der Waals surface area (Å²) in [5, 5.41) is 21.9. The molecule has 5 heteroatoms. The lowest BCUT2D eigenvalue weighted by Gasteiger charge is -2.62. The Labute approximate surface area is 183 Å². The predicted molar refractivity (Wildman–Crippen MR) is 119 cm³/mol. The molecule has 4 nitrogen and oxygen atoms in total. The fraction of sp³-hybridized carbons (Fsp3) is 1.00. The van der Waals surface area contributed by atoms with Gasteiger partial charge in [0.25, 0.3) is 0 Å². The van der Waals surface area contributed by atoms with Gasteiger partial charge in [0.15, 0.2) is 0 Å². The maximum absolute atomic E-state index is 11.6. The molecule has 0 aromatic heterocycles. The molecule has 0 bridgehead atoms. The van der Waals surface area contributed by atoms with E-state index in [1.165, 1.54) is 25.7 Å². The van der Waals surface area contributed by atoms with Crippen molar-refractivity contribution in [3.05, 3.63) is 0 Å². The summed E-state index contributed by atoms with van der Waals surface area (Å²) in [6.07, 6.45) is 8.61. The molecule has 0 aromatic rings. The van der Waals surface area contributed by atoms with Gasteiger partial charge in [0, 0.05) is 0 Å². The highest BCUT2D eigenvalue weighted by molar-refractivity contribution is 6.48. The van der Waals surface area contributed by atoms with E-state index in [0.717, 1.165) is 25.7 Å². The smallest absolute Gasteiger partial charge is 0.408 e. The first-order chi connectivity index (χ1) is 14.0. The normalized spacial score (nSPS) is 53.9. The first-order valence-electron chi connectivity index (χ1n) is 12.7. The SMILES string of the molecule is CC(C)(C)B1OCC(C2CCC3C4CCC5CC(O)CCC5(C)C4C(O)CC23C)O1. The lowest BCUT2D eigenvalue weighted by molar-refractivity contribution is -0.181. The third-order valence-corrected chi connectivity index (χ3v) is 10.5. The number of aliphatic hydroxyl groups is 2. The first-order valence-corrected chi connectivity index (χ1v) is 12.7. The Morgan fingerprint density at radius 3 is 2.37 bits per heavy atom. The molecular formula is C25H43BO4. The van der Waals surface area contributed by atoms with Crippen LogP contribution < -0.4 is 0 Å². The van der Waals surface area contributed by atoms with Gasteiger partial charge in [0.2, 0.25) is 0 Å². The molecular weight excluding hydrogens is 375 g/mol. The predicted octanol–water partition coefficient (Wildman–Crippen LogP) is 4.68. The molecule has 5 fully saturated rings. The number of aliphatic hydroxyl groups excluding tert-OH is 2. The van der Waals surface area contributed by atoms with Gasteiger partial charge >= 0.3 is 7.12 Å². The van der Waals surface area contributed by atoms with Gasteiger partial charge in [-0.15, -0.1) is 0 Å². The number of hydrogen-bond acceptors (Lipinski definition) is 4. The van der Waals surface area contributed by atoms with E-state index in [4.69, 9.17) is 9.31 Å². The highest BCUT2D eigenvalue weighted by Crippen LogP contribution is 2.68. The Bertz CT molecular complexity index is 664. The van der Waals surface area contributed by atoms with Crippen LogP contribution in [0.2, 0.25) is 5.31 Å². The fourth-order valence-electron chi connectivity index (χ4n) is 9.09. The minimum atomic E-state index is -0.222. The van der Waals surface area contributed by atoms with Crippen molar-refractivity contribution >= 4 is 7.12 Å². The van der Waals surface area contributed by atoms with Crippen molar-refractivity contribution < 1.29 is 19.5 Å². The van der Waals surface area contributed by atoms with E-state index in [2.05, 4.69) is 34.6 Å². The average Bonchev–Trinajstić information content (AvgIpc) is 3.25. The molecule has 0 radical (unpaired) electrons. The van der Waals surface area contributed by atoms with E-state index in [1.54, 1.807) is 0 Å². The molecule has 4 aliphatic carbocycles. The van der Waals surface area contributed by atoms with Gasteiger partial charge in [-0.3, -0.25) is 0 Å². The van der Waals surface area contributed by atoms with Crippen LogP contribution in [0.3, 0.4) is 0 Å². The summed E-state index contributed by atoms with van der Waals surface area (Å²) in [4.78, 5) is 0. The van der Waals surface area contributed by atoms with Crippen LogP contribution in [-0.4, -0.2) is 42.3 Å². The molecule has 10 atom stereocenters. The van der Waals surface area contributed by atoms with Crippen LogP contribution in [0.5, 0.6) is 0 Å². The second-order valence-corrected chi connectivity index (χ2v) is 13.2. The minimum Gasteiger partial charge on any atom is -0.408 e. The van der Waals surface area contributed by atoms with Crippen molar-refractivity contribution in [2.75, 3.05) is 6.61 Å². The molecule has 2 N–H and O–H groups in total. The average molecular weight is 418 g/mol. The van der Waals surface area contributed by atoms with Gasteiger partial charge in [-0.25, -0.2) is 0 Å². The molecule has 30 heavy (non-hydrogen) atoms. The highest BCUT2D eigenvalue weighted by atomic mass is 16.6. The lowest BCUT2D eigenvalue weighted by atomic mass is 9.43. The quantitative estimate of drug-likeness (QED) is 0.607. The zero-order valence-corrected chi connectivity index (χ0v) is 19.8. The van der Waals surface area contributed by atoms with E-state index < -0.39 is 0 Å². The zero-order valence-electron chi connectivity index (χ0n) is 19.8. The molecule has 5 rings (SSSR count). The second kappa shape index (κ2) is 7.20. The van der Waals surface area contributed by atoms with Gasteiger partial charge < -0.3 is 19.5 Å². The maximum atomic E-state index is 11.6. The third-order valence-electron chi connectivity index (χ3n) is 10.5. The van der Waals surface area contributed by atoms with E-state index in [1.807, 2.05) is 0 Å². The van der Waals surface area contributed by atoms with Gasteiger partial charge in [0.1, 0.15) is 0 Å². The van der Waals surface area contributed by atoms with E-state index >= 15 is 0 Å². The standard InChI is InChI=1S/C25H43BO4/c1-23(2,3)26-29-14-21(30-26)19-9-8-18-17-7-6-15-12-16(27)10-11-24(15,4)22(17)20(28)13-25(18,19)5/h15-22,27-28H,6-14H2,1-5H3. The van der Waals surface area contributed by atoms with Crippen molar-refractivity contribution in [3.63, 3.8) is 0 Å². The van der Waals surface area contributed by atoms with Crippen LogP contribution >= 0.6 is 0 Å². The van der Waals surface area contributed by atoms with Crippen LogP contribution in [0.25, 0.3) is 0 Å². The summed E-state index contributed by atoms with van der Waals surface area (Å²) < 4.78 is 12.6. The fourth-order valence-corrected chi connectivity index (χ4v) is 9.09. The minimum absolute atomic E-state index is 0.00333. The van der Waals surface area contributed by atoms with Crippen LogP contribution in [0.1, 0.15) is 86.0 Å². The molecule has 10 unspecified atom stereocenters. The largest absolute Gasteiger partial charge is 0.463 e. The maximum Gasteiger partial charge on any atom is 0.463 e. The lowest BCUT2D eigenvalue weighted by Crippen LogP contribution is -2.59. The summed E-state index contributed by atoms with van der Waals surface area (Å²) >= 11 is 0. The molecule has 1 heterocycles. The Balaban J connectivity index is 1.38. The first kappa shape index (κ1) is 21.7. The Hall–Kier alpha value is -0.0951. The Kier molecular flexibility index (Phi) is 5.22. The van der Waals surface area contributed by atoms with Crippen LogP contribution in [0, 0.1) is 40.4 Å². The number of fused-ring (bicyclic) bond motifs is 5. The van der Waals surface area contributed by atoms with Crippen LogP contribution in [0.4, 0.5) is 0 Å². The summed E-state index contributed by atoms with van der Waals surface area (Å²) in [5.41, 5.74) is 0.351. The molecule has 4 saturated carbocycles. The van der Waals surface area contributed by atoms with E-state index in [9.17, 15) is 10.2 Å². The van der Waals surface area contributed by atoms with Crippen molar-refractivity contribution in [1.82, 2.24) is 0 Å². The summed E-state index contributed by atoms with van der Waals surface area (Å²) in [5.74, 6) is 2.80. The highest BCUT2D eigenvalue weighted by Gasteiger charge is 2.64. The number of rotatable bonds is 1.